The number of ketones is 1. The molecule has 2 saturated carbocycles. The maximum atomic E-state index is 13.9. The van der Waals surface area contributed by atoms with E-state index >= 15 is 0 Å². The summed E-state index contributed by atoms with van der Waals surface area (Å²) in [4.78, 5) is 13.9. The highest BCUT2D eigenvalue weighted by atomic mass is 16.7. The fourth-order valence-electron chi connectivity index (χ4n) is 7.53. The smallest absolute Gasteiger partial charge is 0.160 e. The van der Waals surface area contributed by atoms with Crippen molar-refractivity contribution < 1.29 is 23.7 Å². The van der Waals surface area contributed by atoms with Crippen LogP contribution in [0.25, 0.3) is 0 Å². The summed E-state index contributed by atoms with van der Waals surface area (Å²) < 4.78 is 25.0. The summed E-state index contributed by atoms with van der Waals surface area (Å²) in [6.07, 6.45) is 4.98. The van der Waals surface area contributed by atoms with Gasteiger partial charge in [0, 0.05) is 37.0 Å². The first-order valence-electron chi connectivity index (χ1n) is 12.8. The molecule has 3 aliphatic carbocycles. The van der Waals surface area contributed by atoms with Gasteiger partial charge in [-0.2, -0.15) is 0 Å². The molecule has 0 heterocycles. The first-order chi connectivity index (χ1) is 16.2. The summed E-state index contributed by atoms with van der Waals surface area (Å²) >= 11 is 0. The molecule has 4 rings (SSSR count). The lowest BCUT2D eigenvalue weighted by Gasteiger charge is -2.61. The summed E-state index contributed by atoms with van der Waals surface area (Å²) in [5, 5.41) is 0. The quantitative estimate of drug-likeness (QED) is 0.369. The molecule has 5 nitrogen and oxygen atoms in total. The van der Waals surface area contributed by atoms with Gasteiger partial charge in [-0.3, -0.25) is 4.79 Å². The Bertz CT molecular complexity index is 906. The largest absolute Gasteiger partial charge is 0.378 e. The number of Topliss-reactive ketones (excluding diaryl/α,β-unsaturated/α-hetero) is 1. The van der Waals surface area contributed by atoms with Gasteiger partial charge in [-0.25, -0.2) is 0 Å². The Morgan fingerprint density at radius 3 is 2.47 bits per heavy atom. The summed E-state index contributed by atoms with van der Waals surface area (Å²) in [5.74, 6) is 0.403. The Hall–Kier alpha value is -1.53. The lowest BCUT2D eigenvalue weighted by Crippen LogP contribution is -2.66. The highest BCUT2D eigenvalue weighted by Crippen LogP contribution is 2.60. The third kappa shape index (κ3) is 4.09. The number of methoxy groups -OCH3 is 2. The van der Waals surface area contributed by atoms with Crippen LogP contribution in [0.2, 0.25) is 0 Å². The predicted molar refractivity (Wildman–Crippen MR) is 132 cm³/mol. The first-order valence-corrected chi connectivity index (χ1v) is 12.8. The molecule has 3 aliphatic rings. The molecule has 2 fully saturated rings. The average Bonchev–Trinajstić information content (AvgIpc) is 2.80. The van der Waals surface area contributed by atoms with Crippen molar-refractivity contribution >= 4 is 5.78 Å². The zero-order valence-electron chi connectivity index (χ0n) is 21.8. The molecule has 2 bridgehead atoms. The number of rotatable bonds is 7. The maximum Gasteiger partial charge on any atom is 0.160 e. The molecule has 5 heteroatoms. The highest BCUT2D eigenvalue weighted by molar-refractivity contribution is 5.98. The van der Waals surface area contributed by atoms with E-state index in [-0.39, 0.29) is 36.1 Å². The minimum absolute atomic E-state index is 0.0691. The minimum atomic E-state index is -0.551. The van der Waals surface area contributed by atoms with Gasteiger partial charge in [0.05, 0.1) is 18.8 Å². The van der Waals surface area contributed by atoms with Crippen LogP contribution < -0.4 is 0 Å². The zero-order chi connectivity index (χ0) is 24.6. The minimum Gasteiger partial charge on any atom is -0.378 e. The van der Waals surface area contributed by atoms with E-state index in [0.717, 1.165) is 43.2 Å². The van der Waals surface area contributed by atoms with Gasteiger partial charge in [-0.05, 0) is 44.1 Å². The fourth-order valence-corrected chi connectivity index (χ4v) is 7.53. The second kappa shape index (κ2) is 9.85. The second-order valence-electron chi connectivity index (χ2n) is 11.3. The lowest BCUT2D eigenvalue weighted by atomic mass is 9.49. The Balaban J connectivity index is 1.63. The zero-order valence-corrected chi connectivity index (χ0v) is 21.8. The van der Waals surface area contributed by atoms with Gasteiger partial charge < -0.3 is 18.9 Å². The van der Waals surface area contributed by atoms with Gasteiger partial charge in [0.15, 0.2) is 5.78 Å². The second-order valence-corrected chi connectivity index (χ2v) is 11.3. The number of allylic oxidation sites excluding steroid dienone is 1. The van der Waals surface area contributed by atoms with E-state index in [0.29, 0.717) is 13.0 Å². The Morgan fingerprint density at radius 2 is 1.79 bits per heavy atom. The van der Waals surface area contributed by atoms with Crippen LogP contribution in [0.3, 0.4) is 0 Å². The third-order valence-corrected chi connectivity index (χ3v) is 9.27. The molecule has 1 unspecified atom stereocenters. The van der Waals surface area contributed by atoms with Crippen LogP contribution in [0.15, 0.2) is 41.5 Å². The van der Waals surface area contributed by atoms with Gasteiger partial charge in [0.1, 0.15) is 12.4 Å². The maximum absolute atomic E-state index is 13.9. The summed E-state index contributed by atoms with van der Waals surface area (Å²) in [5.41, 5.74) is 1.93. The van der Waals surface area contributed by atoms with E-state index in [4.69, 9.17) is 18.9 Å². The fraction of sp³-hybridized carbons (Fsp3) is 0.690. The van der Waals surface area contributed by atoms with Gasteiger partial charge in [-0.1, -0.05) is 63.1 Å². The number of ether oxygens (including phenoxy) is 4. The normalized spacial score (nSPS) is 35.5. The van der Waals surface area contributed by atoms with Crippen LogP contribution >= 0.6 is 0 Å². The van der Waals surface area contributed by atoms with Crippen molar-refractivity contribution in [1.29, 1.82) is 0 Å². The van der Waals surface area contributed by atoms with Crippen molar-refractivity contribution in [2.24, 2.45) is 16.7 Å². The highest BCUT2D eigenvalue weighted by Gasteiger charge is 2.64. The summed E-state index contributed by atoms with van der Waals surface area (Å²) in [7, 11) is 3.60. The summed E-state index contributed by atoms with van der Waals surface area (Å²) in [6, 6.07) is 10.1. The number of benzene rings is 1. The number of hydrogen-bond donors (Lipinski definition) is 0. The van der Waals surface area contributed by atoms with Gasteiger partial charge in [-0.15, -0.1) is 0 Å². The van der Waals surface area contributed by atoms with Gasteiger partial charge in [0.25, 0.3) is 0 Å². The molecule has 0 N–H and O–H groups in total. The molecule has 0 amide bonds. The molecule has 0 aliphatic heterocycles. The van der Waals surface area contributed by atoms with Crippen LogP contribution in [-0.4, -0.2) is 44.6 Å². The number of carbonyl (C=O) groups is 1. The van der Waals surface area contributed by atoms with Crippen LogP contribution in [0.5, 0.6) is 0 Å². The Kier molecular flexibility index (Phi) is 7.40. The van der Waals surface area contributed by atoms with E-state index < -0.39 is 11.0 Å². The van der Waals surface area contributed by atoms with Gasteiger partial charge in [0.2, 0.25) is 0 Å². The van der Waals surface area contributed by atoms with Crippen molar-refractivity contribution in [3.63, 3.8) is 0 Å². The van der Waals surface area contributed by atoms with Crippen molar-refractivity contribution in [2.45, 2.75) is 90.6 Å². The third-order valence-electron chi connectivity index (χ3n) is 9.27. The predicted octanol–water partition coefficient (Wildman–Crippen LogP) is 5.86. The number of hydrogen-bond acceptors (Lipinski definition) is 5. The number of carbonyl (C=O) groups excluding carboxylic acids is 1. The van der Waals surface area contributed by atoms with Crippen LogP contribution in [0.4, 0.5) is 0 Å². The Morgan fingerprint density at radius 1 is 1.06 bits per heavy atom. The topological polar surface area (TPSA) is 54.0 Å². The molecular weight excluding hydrogens is 428 g/mol. The van der Waals surface area contributed by atoms with Crippen LogP contribution in [0, 0.1) is 16.7 Å². The van der Waals surface area contributed by atoms with Crippen molar-refractivity contribution in [1.82, 2.24) is 0 Å². The van der Waals surface area contributed by atoms with Crippen molar-refractivity contribution in [2.75, 3.05) is 21.0 Å². The Labute approximate surface area is 205 Å². The molecule has 5 atom stereocenters. The van der Waals surface area contributed by atoms with Crippen molar-refractivity contribution in [3.8, 4) is 0 Å². The molecule has 0 radical (unpaired) electrons. The van der Waals surface area contributed by atoms with Gasteiger partial charge >= 0.3 is 0 Å². The van der Waals surface area contributed by atoms with Crippen molar-refractivity contribution in [3.05, 3.63) is 47.0 Å². The molecule has 1 aromatic carbocycles. The lowest BCUT2D eigenvalue weighted by molar-refractivity contribution is -0.238. The molecule has 0 aromatic heterocycles. The van der Waals surface area contributed by atoms with E-state index in [2.05, 4.69) is 39.8 Å². The molecule has 34 heavy (non-hydrogen) atoms. The van der Waals surface area contributed by atoms with Crippen LogP contribution in [-0.2, 0) is 30.3 Å². The van der Waals surface area contributed by atoms with E-state index in [1.54, 1.807) is 7.11 Å². The average molecular weight is 471 g/mol. The molecule has 0 spiro atoms. The standard InChI is InChI=1S/C29H42O5/c1-20-15-16-29(32-6)26(31-5)22-13-10-14-24(34-19-33-18-21-11-8-7-9-12-21)28(22,4)17-23(30)25(20)27(29,2)3/h7-9,11-12,22,24,26H,10,13-19H2,1-6H3/t22-,24-,26?,28-,29+/m0/s1. The molecule has 1 aromatic rings. The molecular formula is C29H42O5. The van der Waals surface area contributed by atoms with E-state index in [1.165, 1.54) is 5.57 Å². The van der Waals surface area contributed by atoms with E-state index in [9.17, 15) is 4.79 Å². The first kappa shape index (κ1) is 25.6. The van der Waals surface area contributed by atoms with Crippen LogP contribution in [0.1, 0.15) is 71.8 Å². The molecule has 188 valence electrons. The van der Waals surface area contributed by atoms with E-state index in [1.807, 2.05) is 25.3 Å². The SMILES string of the molecule is COC1[C@@H]2CCC[C@H](OCOCc3ccccc3)[C@@]2(C)CC(=O)C2=C(C)CC[C@]1(OC)C2(C)C. The number of fused-ring (bicyclic) bond motifs is 3. The summed E-state index contributed by atoms with van der Waals surface area (Å²) in [6.45, 7) is 9.43. The monoisotopic (exact) mass is 470 g/mol. The molecule has 0 saturated heterocycles.